The quantitative estimate of drug-likeness (QED) is 0.624. The van der Waals surface area contributed by atoms with E-state index in [-0.39, 0.29) is 0 Å². The zero-order valence-electron chi connectivity index (χ0n) is 11.5. The minimum atomic E-state index is 0.356. The molecule has 0 amide bonds. The summed E-state index contributed by atoms with van der Waals surface area (Å²) in [4.78, 5) is 0. The van der Waals surface area contributed by atoms with Gasteiger partial charge in [-0.25, -0.2) is 0 Å². The number of alkyl halides is 1. The lowest BCUT2D eigenvalue weighted by molar-refractivity contribution is -0.0376. The molecule has 0 aromatic carbocycles. The highest BCUT2D eigenvalue weighted by molar-refractivity contribution is 6.20. The second-order valence-corrected chi connectivity index (χ2v) is 7.63. The summed E-state index contributed by atoms with van der Waals surface area (Å²) >= 11 is 6.25. The van der Waals surface area contributed by atoms with Gasteiger partial charge in [-0.15, -0.1) is 11.6 Å². The molecule has 1 saturated heterocycles. The Kier molecular flexibility index (Phi) is 4.41. The first-order valence-corrected chi connectivity index (χ1v) is 7.66. The van der Waals surface area contributed by atoms with Crippen LogP contribution in [0, 0.1) is 17.3 Å². The third-order valence-electron chi connectivity index (χ3n) is 4.77. The highest BCUT2D eigenvalue weighted by Gasteiger charge is 2.35. The van der Waals surface area contributed by atoms with Crippen molar-refractivity contribution < 1.29 is 4.74 Å². The van der Waals surface area contributed by atoms with Gasteiger partial charge in [-0.1, -0.05) is 20.8 Å². The largest absolute Gasteiger partial charge is 0.378 e. The maximum Gasteiger partial charge on any atom is 0.0617 e. The van der Waals surface area contributed by atoms with Crippen molar-refractivity contribution in [2.45, 2.75) is 70.8 Å². The van der Waals surface area contributed by atoms with Gasteiger partial charge in [0.2, 0.25) is 0 Å². The predicted molar refractivity (Wildman–Crippen MR) is 73.5 cm³/mol. The molecule has 0 spiro atoms. The topological polar surface area (TPSA) is 9.23 Å². The fourth-order valence-corrected chi connectivity index (χ4v) is 3.74. The van der Waals surface area contributed by atoms with Gasteiger partial charge >= 0.3 is 0 Å². The third-order valence-corrected chi connectivity index (χ3v) is 5.17. The fourth-order valence-electron chi connectivity index (χ4n) is 3.47. The van der Waals surface area contributed by atoms with Crippen LogP contribution in [0.1, 0.15) is 59.3 Å². The Morgan fingerprint density at radius 2 is 1.65 bits per heavy atom. The van der Waals surface area contributed by atoms with E-state index in [1.165, 1.54) is 25.7 Å². The summed E-state index contributed by atoms with van der Waals surface area (Å²) in [5.74, 6) is 1.67. The second kappa shape index (κ2) is 5.48. The zero-order valence-corrected chi connectivity index (χ0v) is 12.3. The lowest BCUT2D eigenvalue weighted by Gasteiger charge is -2.40. The van der Waals surface area contributed by atoms with E-state index in [0.717, 1.165) is 31.3 Å². The van der Waals surface area contributed by atoms with Crippen LogP contribution in [-0.2, 0) is 4.74 Å². The first-order chi connectivity index (χ1) is 7.97. The van der Waals surface area contributed by atoms with E-state index in [9.17, 15) is 0 Å². The van der Waals surface area contributed by atoms with Crippen molar-refractivity contribution in [3.63, 3.8) is 0 Å². The first kappa shape index (κ1) is 13.7. The van der Waals surface area contributed by atoms with Gasteiger partial charge in [-0.05, 0) is 55.8 Å². The minimum absolute atomic E-state index is 0.356. The van der Waals surface area contributed by atoms with E-state index in [0.29, 0.717) is 16.9 Å². The molecule has 100 valence electrons. The van der Waals surface area contributed by atoms with Gasteiger partial charge < -0.3 is 4.74 Å². The van der Waals surface area contributed by atoms with Gasteiger partial charge in [0.25, 0.3) is 0 Å². The molecule has 2 aliphatic rings. The van der Waals surface area contributed by atoms with Crippen molar-refractivity contribution in [2.24, 2.45) is 17.3 Å². The van der Waals surface area contributed by atoms with E-state index < -0.39 is 0 Å². The monoisotopic (exact) mass is 258 g/mol. The fraction of sp³-hybridized carbons (Fsp3) is 1.00. The van der Waals surface area contributed by atoms with Crippen molar-refractivity contribution in [3.8, 4) is 0 Å². The van der Waals surface area contributed by atoms with Gasteiger partial charge in [0.15, 0.2) is 0 Å². The summed E-state index contributed by atoms with van der Waals surface area (Å²) < 4.78 is 5.92. The van der Waals surface area contributed by atoms with Crippen LogP contribution in [0.4, 0.5) is 0 Å². The Morgan fingerprint density at radius 3 is 2.18 bits per heavy atom. The molecule has 1 saturated carbocycles. The molecule has 2 rings (SSSR count). The maximum atomic E-state index is 6.25. The van der Waals surface area contributed by atoms with Crippen molar-refractivity contribution in [1.29, 1.82) is 0 Å². The molecular formula is C15H27ClO. The Labute approximate surface area is 111 Å². The normalized spacial score (nSPS) is 40.2. The molecule has 2 unspecified atom stereocenters. The molecule has 2 atom stereocenters. The second-order valence-electron chi connectivity index (χ2n) is 7.01. The van der Waals surface area contributed by atoms with Gasteiger partial charge in [-0.2, -0.15) is 0 Å². The maximum absolute atomic E-state index is 6.25. The molecule has 2 fully saturated rings. The molecule has 1 nitrogen and oxygen atoms in total. The standard InChI is InChI=1S/C15H27ClO/c1-15(2,3)12-6-4-11(5-7-12)14-10-13(16)8-9-17-14/h11-14H,4-10H2,1-3H3. The van der Waals surface area contributed by atoms with E-state index in [4.69, 9.17) is 16.3 Å². The molecule has 0 N–H and O–H groups in total. The minimum Gasteiger partial charge on any atom is -0.378 e. The third kappa shape index (κ3) is 3.61. The van der Waals surface area contributed by atoms with Crippen molar-refractivity contribution in [1.82, 2.24) is 0 Å². The van der Waals surface area contributed by atoms with E-state index in [2.05, 4.69) is 20.8 Å². The lowest BCUT2D eigenvalue weighted by atomic mass is 9.68. The first-order valence-electron chi connectivity index (χ1n) is 7.22. The SMILES string of the molecule is CC(C)(C)C1CCC(C2CC(Cl)CCO2)CC1. The summed E-state index contributed by atoms with van der Waals surface area (Å²) in [5.41, 5.74) is 0.480. The van der Waals surface area contributed by atoms with Crippen LogP contribution < -0.4 is 0 Å². The molecule has 17 heavy (non-hydrogen) atoms. The summed E-state index contributed by atoms with van der Waals surface area (Å²) in [5, 5.41) is 0.356. The Balaban J connectivity index is 1.82. The molecule has 0 radical (unpaired) electrons. The number of halogens is 1. The molecular weight excluding hydrogens is 232 g/mol. The molecule has 1 aliphatic heterocycles. The summed E-state index contributed by atoms with van der Waals surface area (Å²) in [6, 6.07) is 0. The van der Waals surface area contributed by atoms with Crippen LogP contribution in [-0.4, -0.2) is 18.1 Å². The van der Waals surface area contributed by atoms with Gasteiger partial charge in [-0.3, -0.25) is 0 Å². The van der Waals surface area contributed by atoms with Crippen molar-refractivity contribution >= 4 is 11.6 Å². The van der Waals surface area contributed by atoms with Crippen LogP contribution in [0.15, 0.2) is 0 Å². The van der Waals surface area contributed by atoms with E-state index in [1.54, 1.807) is 0 Å². The molecule has 0 aromatic rings. The molecule has 1 aliphatic carbocycles. The Bertz CT molecular complexity index is 238. The average molecular weight is 259 g/mol. The Hall–Kier alpha value is 0.250. The molecule has 0 bridgehead atoms. The molecule has 2 heteroatoms. The smallest absolute Gasteiger partial charge is 0.0617 e. The number of rotatable bonds is 1. The summed E-state index contributed by atoms with van der Waals surface area (Å²) in [6.45, 7) is 8.01. The Morgan fingerprint density at radius 1 is 1.00 bits per heavy atom. The highest BCUT2D eigenvalue weighted by Crippen LogP contribution is 2.42. The van der Waals surface area contributed by atoms with E-state index in [1.807, 2.05) is 0 Å². The van der Waals surface area contributed by atoms with Crippen LogP contribution in [0.25, 0.3) is 0 Å². The van der Waals surface area contributed by atoms with Crippen LogP contribution in [0.3, 0.4) is 0 Å². The summed E-state index contributed by atoms with van der Waals surface area (Å²) in [6.07, 6.45) is 8.00. The lowest BCUT2D eigenvalue weighted by Crippen LogP contribution is -2.36. The van der Waals surface area contributed by atoms with Gasteiger partial charge in [0.05, 0.1) is 6.10 Å². The van der Waals surface area contributed by atoms with Gasteiger partial charge in [0, 0.05) is 12.0 Å². The van der Waals surface area contributed by atoms with Crippen LogP contribution >= 0.6 is 11.6 Å². The summed E-state index contributed by atoms with van der Waals surface area (Å²) in [7, 11) is 0. The molecule has 1 heterocycles. The number of ether oxygens (including phenoxy) is 1. The molecule has 0 aromatic heterocycles. The highest BCUT2D eigenvalue weighted by atomic mass is 35.5. The van der Waals surface area contributed by atoms with Crippen molar-refractivity contribution in [2.75, 3.05) is 6.61 Å². The predicted octanol–water partition coefficient (Wildman–Crippen LogP) is 4.63. The van der Waals surface area contributed by atoms with Crippen LogP contribution in [0.2, 0.25) is 0 Å². The van der Waals surface area contributed by atoms with E-state index >= 15 is 0 Å². The zero-order chi connectivity index (χ0) is 12.5. The number of hydrogen-bond acceptors (Lipinski definition) is 1. The van der Waals surface area contributed by atoms with Gasteiger partial charge in [0.1, 0.15) is 0 Å². The van der Waals surface area contributed by atoms with Crippen LogP contribution in [0.5, 0.6) is 0 Å². The average Bonchev–Trinajstić information content (AvgIpc) is 2.28. The van der Waals surface area contributed by atoms with Crippen molar-refractivity contribution in [3.05, 3.63) is 0 Å². The number of hydrogen-bond donors (Lipinski definition) is 0.